The van der Waals surface area contributed by atoms with Crippen molar-refractivity contribution in [2.45, 2.75) is 25.8 Å². The summed E-state index contributed by atoms with van der Waals surface area (Å²) in [5.41, 5.74) is 7.54. The fraction of sp³-hybridized carbons (Fsp3) is 0.238. The maximum absolute atomic E-state index is 11.3. The molecular weight excluding hydrogens is 380 g/mol. The molecule has 4 aromatic rings. The molecule has 9 nitrogen and oxygen atoms in total. The van der Waals surface area contributed by atoms with Crippen molar-refractivity contribution in [2.75, 3.05) is 16.8 Å². The number of rotatable bonds is 5. The molecule has 1 aromatic carbocycles. The van der Waals surface area contributed by atoms with Crippen LogP contribution in [0, 0.1) is 0 Å². The van der Waals surface area contributed by atoms with E-state index in [2.05, 4.69) is 27.2 Å². The SMILES string of the molecule is C[C@@H]1CCCN1c1nc(Nc2cn(-c3ccc(C(N)=O)cc3)cn2)c2cccn2n1. The number of anilines is 3. The van der Waals surface area contributed by atoms with E-state index in [1.165, 1.54) is 0 Å². The Labute approximate surface area is 173 Å². The predicted molar refractivity (Wildman–Crippen MR) is 114 cm³/mol. The van der Waals surface area contributed by atoms with Crippen molar-refractivity contribution in [1.82, 2.24) is 24.1 Å². The van der Waals surface area contributed by atoms with E-state index in [1.54, 1.807) is 18.5 Å². The molecule has 30 heavy (non-hydrogen) atoms. The second-order valence-corrected chi connectivity index (χ2v) is 7.49. The lowest BCUT2D eigenvalue weighted by Gasteiger charge is -2.22. The molecule has 1 fully saturated rings. The van der Waals surface area contributed by atoms with Gasteiger partial charge >= 0.3 is 0 Å². The summed E-state index contributed by atoms with van der Waals surface area (Å²) in [4.78, 5) is 22.8. The molecule has 1 saturated heterocycles. The van der Waals surface area contributed by atoms with E-state index in [-0.39, 0.29) is 0 Å². The minimum Gasteiger partial charge on any atom is -0.366 e. The molecule has 3 aromatic heterocycles. The minimum absolute atomic E-state index is 0.424. The number of carbonyl (C=O) groups is 1. The number of aromatic nitrogens is 5. The molecule has 5 rings (SSSR count). The van der Waals surface area contributed by atoms with Gasteiger partial charge in [-0.25, -0.2) is 9.50 Å². The molecule has 1 aliphatic rings. The Balaban J connectivity index is 1.44. The van der Waals surface area contributed by atoms with Gasteiger partial charge in [0.15, 0.2) is 5.82 Å². The van der Waals surface area contributed by atoms with Gasteiger partial charge in [-0.15, -0.1) is 5.10 Å². The van der Waals surface area contributed by atoms with Crippen LogP contribution in [0.5, 0.6) is 0 Å². The maximum Gasteiger partial charge on any atom is 0.248 e. The Morgan fingerprint density at radius 3 is 2.80 bits per heavy atom. The van der Waals surface area contributed by atoms with Gasteiger partial charge in [0.2, 0.25) is 11.9 Å². The van der Waals surface area contributed by atoms with Gasteiger partial charge in [-0.1, -0.05) is 0 Å². The zero-order valence-corrected chi connectivity index (χ0v) is 16.6. The summed E-state index contributed by atoms with van der Waals surface area (Å²) in [6.07, 6.45) is 7.80. The number of nitrogens with one attached hydrogen (secondary N) is 1. The fourth-order valence-corrected chi connectivity index (χ4v) is 3.81. The molecule has 152 valence electrons. The van der Waals surface area contributed by atoms with Crippen LogP contribution in [0.1, 0.15) is 30.1 Å². The summed E-state index contributed by atoms with van der Waals surface area (Å²) >= 11 is 0. The van der Waals surface area contributed by atoms with Gasteiger partial charge in [-0.3, -0.25) is 4.79 Å². The minimum atomic E-state index is -0.447. The normalized spacial score (nSPS) is 16.3. The van der Waals surface area contributed by atoms with Gasteiger partial charge in [-0.05, 0) is 56.2 Å². The van der Waals surface area contributed by atoms with Crippen molar-refractivity contribution >= 4 is 29.0 Å². The molecule has 3 N–H and O–H groups in total. The van der Waals surface area contributed by atoms with Crippen LogP contribution < -0.4 is 16.0 Å². The van der Waals surface area contributed by atoms with Gasteiger partial charge in [0.25, 0.3) is 0 Å². The van der Waals surface area contributed by atoms with E-state index in [1.807, 2.05) is 45.7 Å². The lowest BCUT2D eigenvalue weighted by Crippen LogP contribution is -2.29. The molecule has 1 atom stereocenters. The third-order valence-electron chi connectivity index (χ3n) is 5.47. The van der Waals surface area contributed by atoms with Crippen molar-refractivity contribution in [3.05, 3.63) is 60.7 Å². The summed E-state index contributed by atoms with van der Waals surface area (Å²) < 4.78 is 3.71. The predicted octanol–water partition coefficient (Wildman–Crippen LogP) is 2.75. The van der Waals surface area contributed by atoms with Crippen molar-refractivity contribution in [3.8, 4) is 5.69 Å². The number of amides is 1. The molecule has 0 spiro atoms. The van der Waals surface area contributed by atoms with E-state index in [0.29, 0.717) is 29.2 Å². The zero-order valence-electron chi connectivity index (χ0n) is 16.6. The first-order valence-corrected chi connectivity index (χ1v) is 9.92. The Morgan fingerprint density at radius 1 is 1.23 bits per heavy atom. The van der Waals surface area contributed by atoms with E-state index in [0.717, 1.165) is 30.6 Å². The third kappa shape index (κ3) is 3.24. The summed E-state index contributed by atoms with van der Waals surface area (Å²) in [5, 5.41) is 8.00. The monoisotopic (exact) mass is 402 g/mol. The summed E-state index contributed by atoms with van der Waals surface area (Å²) in [5.74, 6) is 1.64. The lowest BCUT2D eigenvalue weighted by molar-refractivity contribution is 0.100. The number of nitrogens with two attached hydrogens (primary N) is 1. The van der Waals surface area contributed by atoms with Crippen molar-refractivity contribution < 1.29 is 4.79 Å². The van der Waals surface area contributed by atoms with Crippen LogP contribution in [-0.2, 0) is 0 Å². The first-order valence-electron chi connectivity index (χ1n) is 9.92. The summed E-state index contributed by atoms with van der Waals surface area (Å²) in [6, 6.07) is 11.4. The number of primary amides is 1. The number of hydrogen-bond acceptors (Lipinski definition) is 6. The molecule has 0 radical (unpaired) electrons. The second-order valence-electron chi connectivity index (χ2n) is 7.49. The van der Waals surface area contributed by atoms with Gasteiger partial charge in [0.1, 0.15) is 17.7 Å². The highest BCUT2D eigenvalue weighted by molar-refractivity contribution is 5.92. The van der Waals surface area contributed by atoms with E-state index in [4.69, 9.17) is 10.7 Å². The first-order chi connectivity index (χ1) is 14.6. The molecule has 1 aliphatic heterocycles. The second kappa shape index (κ2) is 7.18. The average Bonchev–Trinajstić information content (AvgIpc) is 3.48. The Kier molecular flexibility index (Phi) is 4.35. The van der Waals surface area contributed by atoms with Gasteiger partial charge in [0, 0.05) is 30.0 Å². The highest BCUT2D eigenvalue weighted by Gasteiger charge is 2.24. The number of nitrogens with zero attached hydrogens (tertiary/aromatic N) is 6. The first kappa shape index (κ1) is 18.2. The Bertz CT molecular complexity index is 1210. The molecule has 1 amide bonds. The summed E-state index contributed by atoms with van der Waals surface area (Å²) in [6.45, 7) is 3.16. The van der Waals surface area contributed by atoms with Crippen molar-refractivity contribution in [1.29, 1.82) is 0 Å². The summed E-state index contributed by atoms with van der Waals surface area (Å²) in [7, 11) is 0. The van der Waals surface area contributed by atoms with Crippen LogP contribution in [-0.4, -0.2) is 42.6 Å². The molecule has 0 bridgehead atoms. The largest absolute Gasteiger partial charge is 0.366 e. The van der Waals surface area contributed by atoms with E-state index >= 15 is 0 Å². The topological polar surface area (TPSA) is 106 Å². The van der Waals surface area contributed by atoms with Gasteiger partial charge < -0.3 is 20.5 Å². The zero-order chi connectivity index (χ0) is 20.7. The number of hydrogen-bond donors (Lipinski definition) is 2. The van der Waals surface area contributed by atoms with Crippen LogP contribution in [0.4, 0.5) is 17.6 Å². The smallest absolute Gasteiger partial charge is 0.248 e. The van der Waals surface area contributed by atoms with Crippen LogP contribution >= 0.6 is 0 Å². The number of benzene rings is 1. The quantitative estimate of drug-likeness (QED) is 0.532. The molecule has 0 aliphatic carbocycles. The van der Waals surface area contributed by atoms with E-state index in [9.17, 15) is 4.79 Å². The average molecular weight is 402 g/mol. The highest BCUT2D eigenvalue weighted by Crippen LogP contribution is 2.26. The molecule has 9 heteroatoms. The molecule has 0 saturated carbocycles. The molecule has 0 unspecified atom stereocenters. The van der Waals surface area contributed by atoms with Crippen LogP contribution in [0.15, 0.2) is 55.1 Å². The highest BCUT2D eigenvalue weighted by atomic mass is 16.1. The van der Waals surface area contributed by atoms with Crippen molar-refractivity contribution in [3.63, 3.8) is 0 Å². The van der Waals surface area contributed by atoms with Gasteiger partial charge in [0.05, 0.1) is 6.20 Å². The van der Waals surface area contributed by atoms with Gasteiger partial charge in [-0.2, -0.15) is 4.98 Å². The molecule has 4 heterocycles. The maximum atomic E-state index is 11.3. The fourth-order valence-electron chi connectivity index (χ4n) is 3.81. The number of imidazole rings is 1. The van der Waals surface area contributed by atoms with Crippen LogP contribution in [0.2, 0.25) is 0 Å². The standard InChI is InChI=1S/C21H22N8O/c1-14-4-2-10-28(14)21-25-20(17-5-3-11-29(17)26-21)24-18-12-27(13-23-18)16-8-6-15(7-9-16)19(22)30/h3,5-9,11-14H,2,4,10H2,1H3,(H2,22,30)(H,24,25,26)/t14-/m1/s1. The Morgan fingerprint density at radius 2 is 2.07 bits per heavy atom. The number of fused-ring (bicyclic) bond motifs is 1. The molecular formula is C21H22N8O. The lowest BCUT2D eigenvalue weighted by atomic mass is 10.2. The van der Waals surface area contributed by atoms with Crippen LogP contribution in [0.3, 0.4) is 0 Å². The third-order valence-corrected chi connectivity index (χ3v) is 5.47. The Hall–Kier alpha value is -3.88. The number of carbonyl (C=O) groups excluding carboxylic acids is 1. The van der Waals surface area contributed by atoms with E-state index < -0.39 is 5.91 Å². The van der Waals surface area contributed by atoms with Crippen LogP contribution in [0.25, 0.3) is 11.2 Å². The van der Waals surface area contributed by atoms with Crippen molar-refractivity contribution in [2.24, 2.45) is 5.73 Å².